The van der Waals surface area contributed by atoms with Crippen molar-refractivity contribution in [2.24, 2.45) is 0 Å². The third kappa shape index (κ3) is 3.34. The molecule has 0 fully saturated rings. The Morgan fingerprint density at radius 2 is 2.33 bits per heavy atom. The van der Waals surface area contributed by atoms with Crippen molar-refractivity contribution >= 4 is 17.5 Å². The van der Waals surface area contributed by atoms with E-state index in [9.17, 15) is 4.79 Å². The van der Waals surface area contributed by atoms with Crippen molar-refractivity contribution in [1.82, 2.24) is 14.9 Å². The lowest BCUT2D eigenvalue weighted by molar-refractivity contribution is 0.0952. The highest BCUT2D eigenvalue weighted by atomic mass is 35.5. The number of aromatic nitrogens is 2. The standard InChI is InChI=1S/C13H14ClN3O/c14-9-11-2-1-3-12(8-11)13(18)16-5-7-17-6-4-15-10-17/h1-4,6,8,10H,5,7,9H2,(H,16,18). The minimum atomic E-state index is -0.0814. The fraction of sp³-hybridized carbons (Fsp3) is 0.231. The van der Waals surface area contributed by atoms with Crippen molar-refractivity contribution in [1.29, 1.82) is 0 Å². The summed E-state index contributed by atoms with van der Waals surface area (Å²) in [5.41, 5.74) is 1.58. The van der Waals surface area contributed by atoms with Gasteiger partial charge in [-0.15, -0.1) is 11.6 Å². The maximum atomic E-state index is 11.9. The van der Waals surface area contributed by atoms with Gasteiger partial charge in [0.2, 0.25) is 0 Å². The van der Waals surface area contributed by atoms with Gasteiger partial charge in [0.25, 0.3) is 5.91 Å². The Labute approximate surface area is 111 Å². The Kier molecular flexibility index (Phi) is 4.36. The van der Waals surface area contributed by atoms with Gasteiger partial charge in [-0.1, -0.05) is 12.1 Å². The molecule has 0 aliphatic heterocycles. The van der Waals surface area contributed by atoms with Crippen LogP contribution in [0.15, 0.2) is 43.0 Å². The molecule has 94 valence electrons. The highest BCUT2D eigenvalue weighted by molar-refractivity contribution is 6.17. The van der Waals surface area contributed by atoms with Crippen molar-refractivity contribution in [3.8, 4) is 0 Å². The number of halogens is 1. The number of rotatable bonds is 5. The van der Waals surface area contributed by atoms with Crippen molar-refractivity contribution < 1.29 is 4.79 Å². The molecule has 0 aliphatic rings. The van der Waals surface area contributed by atoms with E-state index in [1.54, 1.807) is 24.7 Å². The van der Waals surface area contributed by atoms with Crippen molar-refractivity contribution in [2.75, 3.05) is 6.54 Å². The van der Waals surface area contributed by atoms with Crippen LogP contribution in [0.3, 0.4) is 0 Å². The fourth-order valence-corrected chi connectivity index (χ4v) is 1.78. The van der Waals surface area contributed by atoms with E-state index in [1.807, 2.05) is 22.9 Å². The summed E-state index contributed by atoms with van der Waals surface area (Å²) in [7, 11) is 0. The second-order valence-corrected chi connectivity index (χ2v) is 4.16. The lowest BCUT2D eigenvalue weighted by atomic mass is 10.1. The van der Waals surface area contributed by atoms with E-state index in [0.717, 1.165) is 5.56 Å². The summed E-state index contributed by atoms with van der Waals surface area (Å²) in [5.74, 6) is 0.331. The van der Waals surface area contributed by atoms with Crippen LogP contribution >= 0.6 is 11.6 Å². The topological polar surface area (TPSA) is 46.9 Å². The molecule has 0 radical (unpaired) electrons. The predicted molar refractivity (Wildman–Crippen MR) is 70.6 cm³/mol. The van der Waals surface area contributed by atoms with Crippen LogP contribution in [0.2, 0.25) is 0 Å². The number of alkyl halides is 1. The lowest BCUT2D eigenvalue weighted by Gasteiger charge is -2.06. The van der Waals surface area contributed by atoms with Crippen LogP contribution in [0.25, 0.3) is 0 Å². The van der Waals surface area contributed by atoms with Gasteiger partial charge in [-0.25, -0.2) is 4.98 Å². The second-order valence-electron chi connectivity index (χ2n) is 3.89. The minimum absolute atomic E-state index is 0.0814. The first kappa shape index (κ1) is 12.6. The van der Waals surface area contributed by atoms with E-state index in [1.165, 1.54) is 0 Å². The van der Waals surface area contributed by atoms with Crippen LogP contribution in [0, 0.1) is 0 Å². The van der Waals surface area contributed by atoms with Crippen LogP contribution in [0.4, 0.5) is 0 Å². The van der Waals surface area contributed by atoms with E-state index in [0.29, 0.717) is 24.5 Å². The van der Waals surface area contributed by atoms with Gasteiger partial charge in [-0.05, 0) is 17.7 Å². The van der Waals surface area contributed by atoms with E-state index >= 15 is 0 Å². The van der Waals surface area contributed by atoms with Crippen molar-refractivity contribution in [3.63, 3.8) is 0 Å². The molecule has 0 saturated heterocycles. The summed E-state index contributed by atoms with van der Waals surface area (Å²) in [6, 6.07) is 7.32. The summed E-state index contributed by atoms with van der Waals surface area (Å²) in [6.45, 7) is 1.28. The first-order valence-electron chi connectivity index (χ1n) is 5.68. The number of carbonyl (C=O) groups is 1. The van der Waals surface area contributed by atoms with Gasteiger partial charge < -0.3 is 9.88 Å². The van der Waals surface area contributed by atoms with E-state index in [2.05, 4.69) is 10.3 Å². The first-order chi connectivity index (χ1) is 8.79. The molecular weight excluding hydrogens is 250 g/mol. The Balaban J connectivity index is 1.87. The lowest BCUT2D eigenvalue weighted by Crippen LogP contribution is -2.27. The van der Waals surface area contributed by atoms with Crippen molar-refractivity contribution in [2.45, 2.75) is 12.4 Å². The zero-order valence-electron chi connectivity index (χ0n) is 9.84. The van der Waals surface area contributed by atoms with Gasteiger partial charge >= 0.3 is 0 Å². The van der Waals surface area contributed by atoms with Crippen LogP contribution in [0.1, 0.15) is 15.9 Å². The van der Waals surface area contributed by atoms with E-state index in [-0.39, 0.29) is 5.91 Å². The maximum Gasteiger partial charge on any atom is 0.251 e. The number of nitrogens with one attached hydrogen (secondary N) is 1. The number of hydrogen-bond acceptors (Lipinski definition) is 2. The molecule has 0 spiro atoms. The van der Waals surface area contributed by atoms with Gasteiger partial charge in [0, 0.05) is 36.9 Å². The summed E-state index contributed by atoms with van der Waals surface area (Å²) in [5, 5.41) is 2.86. The third-order valence-corrected chi connectivity index (χ3v) is 2.87. The number of carbonyl (C=O) groups excluding carboxylic acids is 1. The molecular formula is C13H14ClN3O. The molecule has 1 heterocycles. The molecule has 5 heteroatoms. The molecule has 2 aromatic rings. The average molecular weight is 264 g/mol. The van der Waals surface area contributed by atoms with Crippen LogP contribution in [-0.4, -0.2) is 22.0 Å². The van der Waals surface area contributed by atoms with Crippen LogP contribution in [-0.2, 0) is 12.4 Å². The second kappa shape index (κ2) is 6.21. The third-order valence-electron chi connectivity index (χ3n) is 2.56. The van der Waals surface area contributed by atoms with E-state index < -0.39 is 0 Å². The van der Waals surface area contributed by atoms with Gasteiger partial charge in [0.1, 0.15) is 0 Å². The van der Waals surface area contributed by atoms with E-state index in [4.69, 9.17) is 11.6 Å². The summed E-state index contributed by atoms with van der Waals surface area (Å²) in [4.78, 5) is 15.8. The molecule has 18 heavy (non-hydrogen) atoms. The maximum absolute atomic E-state index is 11.9. The smallest absolute Gasteiger partial charge is 0.251 e. The molecule has 0 atom stereocenters. The van der Waals surface area contributed by atoms with Gasteiger partial charge in [0.15, 0.2) is 0 Å². The monoisotopic (exact) mass is 263 g/mol. The molecule has 0 saturated carbocycles. The largest absolute Gasteiger partial charge is 0.350 e. The summed E-state index contributed by atoms with van der Waals surface area (Å²) >= 11 is 5.73. The zero-order valence-corrected chi connectivity index (χ0v) is 10.6. The highest BCUT2D eigenvalue weighted by Crippen LogP contribution is 2.07. The van der Waals surface area contributed by atoms with Crippen LogP contribution in [0.5, 0.6) is 0 Å². The Morgan fingerprint density at radius 3 is 3.06 bits per heavy atom. The Hall–Kier alpha value is -1.81. The fourth-order valence-electron chi connectivity index (χ4n) is 1.62. The van der Waals surface area contributed by atoms with Gasteiger partial charge in [-0.3, -0.25) is 4.79 Å². The molecule has 1 aromatic carbocycles. The molecule has 0 bridgehead atoms. The Morgan fingerprint density at radius 1 is 1.44 bits per heavy atom. The normalized spacial score (nSPS) is 10.3. The molecule has 4 nitrogen and oxygen atoms in total. The summed E-state index contributed by atoms with van der Waals surface area (Å²) < 4.78 is 1.91. The number of imidazole rings is 1. The number of nitrogens with zero attached hydrogens (tertiary/aromatic N) is 2. The minimum Gasteiger partial charge on any atom is -0.350 e. The molecule has 1 aromatic heterocycles. The molecule has 1 N–H and O–H groups in total. The number of amides is 1. The molecule has 2 rings (SSSR count). The number of hydrogen-bond donors (Lipinski definition) is 1. The highest BCUT2D eigenvalue weighted by Gasteiger charge is 2.05. The number of benzene rings is 1. The average Bonchev–Trinajstić information content (AvgIpc) is 2.92. The first-order valence-corrected chi connectivity index (χ1v) is 6.22. The summed E-state index contributed by atoms with van der Waals surface area (Å²) in [6.07, 6.45) is 5.30. The SMILES string of the molecule is O=C(NCCn1ccnc1)c1cccc(CCl)c1. The van der Waals surface area contributed by atoms with Crippen LogP contribution < -0.4 is 5.32 Å². The van der Waals surface area contributed by atoms with Crippen molar-refractivity contribution in [3.05, 3.63) is 54.1 Å². The predicted octanol–water partition coefficient (Wildman–Crippen LogP) is 2.05. The Bertz CT molecular complexity index is 511. The van der Waals surface area contributed by atoms with Gasteiger partial charge in [-0.2, -0.15) is 0 Å². The molecule has 0 unspecified atom stereocenters. The zero-order chi connectivity index (χ0) is 12.8. The molecule has 1 amide bonds. The quantitative estimate of drug-likeness (QED) is 0.840. The van der Waals surface area contributed by atoms with Gasteiger partial charge in [0.05, 0.1) is 6.33 Å². The molecule has 0 aliphatic carbocycles.